The van der Waals surface area contributed by atoms with Gasteiger partial charge in [-0.2, -0.15) is 0 Å². The van der Waals surface area contributed by atoms with Crippen LogP contribution in [-0.2, 0) is 16.1 Å². The normalized spacial score (nSPS) is 21.4. The van der Waals surface area contributed by atoms with Crippen LogP contribution in [0.25, 0.3) is 0 Å². The van der Waals surface area contributed by atoms with Gasteiger partial charge in [0.15, 0.2) is 0 Å². The Hall–Kier alpha value is -2.24. The molecule has 1 aromatic rings. The van der Waals surface area contributed by atoms with E-state index in [0.29, 0.717) is 18.5 Å². The molecule has 3 rings (SSSR count). The summed E-state index contributed by atoms with van der Waals surface area (Å²) >= 11 is 0. The summed E-state index contributed by atoms with van der Waals surface area (Å²) in [6.45, 7) is 0.0978. The zero-order valence-electron chi connectivity index (χ0n) is 11.0. The fraction of sp³-hybridized carbons (Fsp3) is 0.429. The standard InChI is InChI=1S/C14H15N3O3/c18-11-14(6-2-3-7-14)12(19)17(13(20)16-11)9-10-5-1-4-8-15-10/h1,4-5,8H,2-3,6-7,9H2,(H,16,18,20). The van der Waals surface area contributed by atoms with Gasteiger partial charge < -0.3 is 0 Å². The van der Waals surface area contributed by atoms with E-state index in [4.69, 9.17) is 0 Å². The molecule has 6 nitrogen and oxygen atoms in total. The van der Waals surface area contributed by atoms with E-state index in [0.717, 1.165) is 17.7 Å². The summed E-state index contributed by atoms with van der Waals surface area (Å²) in [6.07, 6.45) is 4.32. The third-order valence-corrected chi connectivity index (χ3v) is 4.06. The third kappa shape index (κ3) is 1.88. The Labute approximate surface area is 116 Å². The fourth-order valence-corrected chi connectivity index (χ4v) is 2.95. The lowest BCUT2D eigenvalue weighted by Crippen LogP contribution is -2.62. The van der Waals surface area contributed by atoms with Gasteiger partial charge in [-0.05, 0) is 25.0 Å². The maximum absolute atomic E-state index is 12.6. The van der Waals surface area contributed by atoms with Crippen molar-refractivity contribution in [1.29, 1.82) is 0 Å². The van der Waals surface area contributed by atoms with Gasteiger partial charge >= 0.3 is 6.03 Å². The molecule has 0 bridgehead atoms. The molecule has 1 saturated carbocycles. The van der Waals surface area contributed by atoms with Crippen LogP contribution in [0.3, 0.4) is 0 Å². The number of urea groups is 1. The molecule has 20 heavy (non-hydrogen) atoms. The van der Waals surface area contributed by atoms with Crippen molar-refractivity contribution in [3.63, 3.8) is 0 Å². The molecule has 2 heterocycles. The number of pyridine rings is 1. The number of nitrogens with one attached hydrogen (secondary N) is 1. The summed E-state index contributed by atoms with van der Waals surface area (Å²) in [5, 5.41) is 2.31. The second-order valence-corrected chi connectivity index (χ2v) is 5.26. The number of rotatable bonds is 2. The molecule has 6 heteroatoms. The van der Waals surface area contributed by atoms with Crippen molar-refractivity contribution in [2.45, 2.75) is 32.2 Å². The average Bonchev–Trinajstić information content (AvgIpc) is 2.94. The van der Waals surface area contributed by atoms with Gasteiger partial charge in [0.1, 0.15) is 5.41 Å². The van der Waals surface area contributed by atoms with Gasteiger partial charge in [-0.15, -0.1) is 0 Å². The molecule has 1 aliphatic carbocycles. The largest absolute Gasteiger partial charge is 0.331 e. The van der Waals surface area contributed by atoms with Crippen molar-refractivity contribution in [1.82, 2.24) is 15.2 Å². The SMILES string of the molecule is O=C1NC(=O)C2(CCCC2)C(=O)N1Cc1ccccn1. The van der Waals surface area contributed by atoms with Crippen LogP contribution in [0.1, 0.15) is 31.4 Å². The number of imide groups is 2. The zero-order chi connectivity index (χ0) is 14.2. The van der Waals surface area contributed by atoms with Crippen molar-refractivity contribution in [3.8, 4) is 0 Å². The molecule has 0 aromatic carbocycles. The van der Waals surface area contributed by atoms with E-state index >= 15 is 0 Å². The van der Waals surface area contributed by atoms with Gasteiger partial charge in [-0.3, -0.25) is 24.8 Å². The highest BCUT2D eigenvalue weighted by atomic mass is 16.2. The van der Waals surface area contributed by atoms with Gasteiger partial charge in [-0.25, -0.2) is 4.79 Å². The van der Waals surface area contributed by atoms with E-state index in [-0.39, 0.29) is 12.5 Å². The predicted octanol–water partition coefficient (Wildman–Crippen LogP) is 1.22. The molecule has 0 unspecified atom stereocenters. The van der Waals surface area contributed by atoms with Gasteiger partial charge in [0.25, 0.3) is 0 Å². The Balaban J connectivity index is 1.88. The summed E-state index contributed by atoms with van der Waals surface area (Å²) in [5.74, 6) is -0.823. The average molecular weight is 273 g/mol. The molecule has 104 valence electrons. The Morgan fingerprint density at radius 3 is 2.60 bits per heavy atom. The minimum atomic E-state index is -1.04. The Bertz CT molecular complexity index is 564. The lowest BCUT2D eigenvalue weighted by Gasteiger charge is -2.36. The first kappa shape index (κ1) is 12.8. The third-order valence-electron chi connectivity index (χ3n) is 4.06. The molecule has 0 radical (unpaired) electrons. The molecule has 2 aliphatic rings. The number of amides is 4. The first-order valence-electron chi connectivity index (χ1n) is 6.71. The molecule has 1 N–H and O–H groups in total. The fourth-order valence-electron chi connectivity index (χ4n) is 2.95. The van der Waals surface area contributed by atoms with Gasteiger partial charge in [0.05, 0.1) is 12.2 Å². The molecule has 2 fully saturated rings. The number of barbiturate groups is 1. The van der Waals surface area contributed by atoms with Crippen molar-refractivity contribution in [2.24, 2.45) is 5.41 Å². The van der Waals surface area contributed by atoms with E-state index in [1.54, 1.807) is 24.4 Å². The monoisotopic (exact) mass is 273 g/mol. The summed E-state index contributed by atoms with van der Waals surface area (Å²) in [7, 11) is 0. The van der Waals surface area contributed by atoms with Gasteiger partial charge in [0.2, 0.25) is 11.8 Å². The van der Waals surface area contributed by atoms with E-state index in [1.807, 2.05) is 0 Å². The summed E-state index contributed by atoms with van der Waals surface area (Å²) in [5.41, 5.74) is -0.415. The van der Waals surface area contributed by atoms with Gasteiger partial charge in [0, 0.05) is 6.20 Å². The first-order chi connectivity index (χ1) is 9.63. The van der Waals surface area contributed by atoms with Crippen molar-refractivity contribution >= 4 is 17.8 Å². The molecule has 1 spiro atoms. The van der Waals surface area contributed by atoms with Crippen LogP contribution in [0.5, 0.6) is 0 Å². The molecule has 1 aromatic heterocycles. The van der Waals surface area contributed by atoms with Crippen LogP contribution < -0.4 is 5.32 Å². The number of carbonyl (C=O) groups excluding carboxylic acids is 3. The lowest BCUT2D eigenvalue weighted by atomic mass is 9.82. The maximum atomic E-state index is 12.6. The van der Waals surface area contributed by atoms with Crippen LogP contribution in [0.4, 0.5) is 4.79 Å². The first-order valence-corrected chi connectivity index (χ1v) is 6.71. The highest BCUT2D eigenvalue weighted by Crippen LogP contribution is 2.41. The summed E-state index contributed by atoms with van der Waals surface area (Å²) in [6, 6.07) is 4.66. The Morgan fingerprint density at radius 2 is 1.95 bits per heavy atom. The molecule has 0 atom stereocenters. The van der Waals surface area contributed by atoms with Crippen LogP contribution in [0.15, 0.2) is 24.4 Å². The molecule has 1 saturated heterocycles. The quantitative estimate of drug-likeness (QED) is 0.822. The predicted molar refractivity (Wildman–Crippen MR) is 69.2 cm³/mol. The minimum absolute atomic E-state index is 0.0978. The minimum Gasteiger partial charge on any atom is -0.277 e. The second kappa shape index (κ2) is 4.70. The lowest BCUT2D eigenvalue weighted by molar-refractivity contribution is -0.151. The maximum Gasteiger partial charge on any atom is 0.331 e. The number of carbonyl (C=O) groups is 3. The number of hydrogen-bond acceptors (Lipinski definition) is 4. The Morgan fingerprint density at radius 1 is 1.20 bits per heavy atom. The van der Waals surface area contributed by atoms with Crippen LogP contribution in [0, 0.1) is 5.41 Å². The number of nitrogens with zero attached hydrogens (tertiary/aromatic N) is 2. The number of hydrogen-bond donors (Lipinski definition) is 1. The second-order valence-electron chi connectivity index (χ2n) is 5.26. The van der Waals surface area contributed by atoms with Crippen molar-refractivity contribution < 1.29 is 14.4 Å². The van der Waals surface area contributed by atoms with Gasteiger partial charge in [-0.1, -0.05) is 18.9 Å². The molecule has 1 aliphatic heterocycles. The van der Waals surface area contributed by atoms with Crippen LogP contribution in [-0.4, -0.2) is 27.7 Å². The molecular formula is C14H15N3O3. The zero-order valence-corrected chi connectivity index (χ0v) is 11.0. The summed E-state index contributed by atoms with van der Waals surface area (Å²) in [4.78, 5) is 41.8. The highest BCUT2D eigenvalue weighted by molar-refractivity contribution is 6.19. The van der Waals surface area contributed by atoms with Crippen molar-refractivity contribution in [3.05, 3.63) is 30.1 Å². The van der Waals surface area contributed by atoms with E-state index in [9.17, 15) is 14.4 Å². The molecular weight excluding hydrogens is 258 g/mol. The topological polar surface area (TPSA) is 79.4 Å². The molecule has 4 amide bonds. The summed E-state index contributed by atoms with van der Waals surface area (Å²) < 4.78 is 0. The van der Waals surface area contributed by atoms with E-state index in [1.165, 1.54) is 0 Å². The van der Waals surface area contributed by atoms with Crippen molar-refractivity contribution in [2.75, 3.05) is 0 Å². The highest BCUT2D eigenvalue weighted by Gasteiger charge is 2.54. The smallest absolute Gasteiger partial charge is 0.277 e. The van der Waals surface area contributed by atoms with E-state index in [2.05, 4.69) is 10.3 Å². The van der Waals surface area contributed by atoms with E-state index < -0.39 is 17.4 Å². The van der Waals surface area contributed by atoms with Crippen LogP contribution >= 0.6 is 0 Å². The Kier molecular flexibility index (Phi) is 3.00. The van der Waals surface area contributed by atoms with Crippen LogP contribution in [0.2, 0.25) is 0 Å². The number of aromatic nitrogens is 1.